The van der Waals surface area contributed by atoms with Crippen LogP contribution in [-0.4, -0.2) is 36.3 Å². The van der Waals surface area contributed by atoms with Gasteiger partial charge in [0.15, 0.2) is 5.65 Å². The molecule has 1 N–H and O–H groups in total. The van der Waals surface area contributed by atoms with Gasteiger partial charge in [-0.2, -0.15) is 4.98 Å². The van der Waals surface area contributed by atoms with E-state index in [4.69, 9.17) is 16.1 Å². The largest absolute Gasteiger partial charge is 0.352 e. The first-order valence-electron chi connectivity index (χ1n) is 10.6. The zero-order chi connectivity index (χ0) is 22.1. The zero-order valence-electron chi connectivity index (χ0n) is 17.2. The standard InChI is InChI=1S/C22H21ClN6O3/c23-15-10-8-14(9-11-15)19-25-21(32-27-19)17-7-4-12-28-20(17)26-29(22(28)31)13-18(30)24-16-5-2-1-3-6-16/h4,7-12,16H,1-3,5-6,13H2,(H,24,30). The van der Waals surface area contributed by atoms with Crippen molar-refractivity contribution in [3.8, 4) is 22.8 Å². The molecule has 164 valence electrons. The highest BCUT2D eigenvalue weighted by molar-refractivity contribution is 6.30. The first-order valence-corrected chi connectivity index (χ1v) is 10.9. The molecular formula is C22H21ClN6O3. The molecular weight excluding hydrogens is 432 g/mol. The fourth-order valence-corrected chi connectivity index (χ4v) is 4.14. The van der Waals surface area contributed by atoms with Crippen molar-refractivity contribution in [1.82, 2.24) is 29.6 Å². The Morgan fingerprint density at radius 3 is 2.72 bits per heavy atom. The number of nitrogens with one attached hydrogen (secondary N) is 1. The van der Waals surface area contributed by atoms with Crippen LogP contribution in [-0.2, 0) is 11.3 Å². The van der Waals surface area contributed by atoms with Crippen molar-refractivity contribution in [1.29, 1.82) is 0 Å². The zero-order valence-corrected chi connectivity index (χ0v) is 18.0. The lowest BCUT2D eigenvalue weighted by Gasteiger charge is -2.22. The van der Waals surface area contributed by atoms with E-state index in [0.717, 1.165) is 35.9 Å². The maximum Gasteiger partial charge on any atom is 0.350 e. The predicted molar refractivity (Wildman–Crippen MR) is 118 cm³/mol. The van der Waals surface area contributed by atoms with Crippen LogP contribution < -0.4 is 11.0 Å². The number of hydrogen-bond acceptors (Lipinski definition) is 6. The van der Waals surface area contributed by atoms with Crippen molar-refractivity contribution in [3.05, 3.63) is 58.1 Å². The van der Waals surface area contributed by atoms with E-state index < -0.39 is 5.69 Å². The number of carbonyl (C=O) groups is 1. The van der Waals surface area contributed by atoms with E-state index in [0.29, 0.717) is 22.1 Å². The lowest BCUT2D eigenvalue weighted by Crippen LogP contribution is -2.40. The molecule has 0 radical (unpaired) electrons. The van der Waals surface area contributed by atoms with Gasteiger partial charge in [-0.05, 0) is 49.2 Å². The molecule has 3 aromatic heterocycles. The highest BCUT2D eigenvalue weighted by Gasteiger charge is 2.20. The predicted octanol–water partition coefficient (Wildman–Crippen LogP) is 3.32. The lowest BCUT2D eigenvalue weighted by molar-refractivity contribution is -0.122. The monoisotopic (exact) mass is 452 g/mol. The Labute approximate surface area is 188 Å². The summed E-state index contributed by atoms with van der Waals surface area (Å²) in [6, 6.07) is 10.7. The van der Waals surface area contributed by atoms with Gasteiger partial charge >= 0.3 is 5.69 Å². The molecule has 1 fully saturated rings. The second kappa shape index (κ2) is 8.58. The molecule has 1 aliphatic carbocycles. The van der Waals surface area contributed by atoms with Crippen LogP contribution in [0.1, 0.15) is 32.1 Å². The summed E-state index contributed by atoms with van der Waals surface area (Å²) in [7, 11) is 0. The molecule has 32 heavy (non-hydrogen) atoms. The van der Waals surface area contributed by atoms with E-state index in [1.54, 1.807) is 42.6 Å². The summed E-state index contributed by atoms with van der Waals surface area (Å²) in [4.78, 5) is 29.7. The van der Waals surface area contributed by atoms with Crippen LogP contribution in [0.3, 0.4) is 0 Å². The molecule has 3 heterocycles. The molecule has 0 saturated heterocycles. The van der Waals surface area contributed by atoms with Gasteiger partial charge in [0.25, 0.3) is 5.89 Å². The maximum absolute atomic E-state index is 12.8. The number of carbonyl (C=O) groups excluding carboxylic acids is 1. The van der Waals surface area contributed by atoms with E-state index in [9.17, 15) is 9.59 Å². The molecule has 0 spiro atoms. The van der Waals surface area contributed by atoms with Crippen LogP contribution >= 0.6 is 11.6 Å². The summed E-state index contributed by atoms with van der Waals surface area (Å²) in [5.41, 5.74) is 1.19. The first kappa shape index (κ1) is 20.4. The number of hydrogen-bond donors (Lipinski definition) is 1. The molecule has 0 aliphatic heterocycles. The van der Waals surface area contributed by atoms with Crippen molar-refractivity contribution in [2.75, 3.05) is 0 Å². The summed E-state index contributed by atoms with van der Waals surface area (Å²) >= 11 is 5.94. The molecule has 1 amide bonds. The van der Waals surface area contributed by atoms with Gasteiger partial charge in [-0.15, -0.1) is 5.10 Å². The molecule has 0 bridgehead atoms. The normalized spacial score (nSPS) is 14.7. The number of halogens is 1. The smallest absolute Gasteiger partial charge is 0.350 e. The SMILES string of the molecule is O=C(Cn1nc2c(-c3nc(-c4ccc(Cl)cc4)no3)cccn2c1=O)NC1CCCCC1. The summed E-state index contributed by atoms with van der Waals surface area (Å²) in [5.74, 6) is 0.406. The van der Waals surface area contributed by atoms with Crippen LogP contribution in [0, 0.1) is 0 Å². The highest BCUT2D eigenvalue weighted by Crippen LogP contribution is 2.25. The van der Waals surface area contributed by atoms with Gasteiger partial charge in [0, 0.05) is 22.8 Å². The van der Waals surface area contributed by atoms with E-state index in [-0.39, 0.29) is 24.4 Å². The van der Waals surface area contributed by atoms with Gasteiger partial charge in [0.1, 0.15) is 6.54 Å². The number of pyridine rings is 1. The van der Waals surface area contributed by atoms with Crippen LogP contribution in [0.2, 0.25) is 5.02 Å². The highest BCUT2D eigenvalue weighted by atomic mass is 35.5. The minimum atomic E-state index is -0.405. The second-order valence-electron chi connectivity index (χ2n) is 7.89. The van der Waals surface area contributed by atoms with Gasteiger partial charge in [-0.1, -0.05) is 36.0 Å². The molecule has 4 aromatic rings. The van der Waals surface area contributed by atoms with Gasteiger partial charge in [0.2, 0.25) is 11.7 Å². The third kappa shape index (κ3) is 4.03. The van der Waals surface area contributed by atoms with Crippen molar-refractivity contribution in [3.63, 3.8) is 0 Å². The summed E-state index contributed by atoms with van der Waals surface area (Å²) in [6.07, 6.45) is 6.98. The quantitative estimate of drug-likeness (QED) is 0.497. The van der Waals surface area contributed by atoms with Crippen molar-refractivity contribution >= 4 is 23.2 Å². The fourth-order valence-electron chi connectivity index (χ4n) is 4.01. The summed E-state index contributed by atoms with van der Waals surface area (Å²) in [5, 5.41) is 12.0. The average Bonchev–Trinajstić information content (AvgIpc) is 3.40. The van der Waals surface area contributed by atoms with E-state index in [1.807, 2.05) is 0 Å². The van der Waals surface area contributed by atoms with Crippen LogP contribution in [0.15, 0.2) is 51.9 Å². The number of aromatic nitrogens is 5. The molecule has 0 unspecified atom stereocenters. The molecule has 1 saturated carbocycles. The molecule has 0 atom stereocenters. The number of nitrogens with zero attached hydrogens (tertiary/aromatic N) is 5. The Bertz CT molecular complexity index is 1320. The Morgan fingerprint density at radius 2 is 1.94 bits per heavy atom. The van der Waals surface area contributed by atoms with Gasteiger partial charge < -0.3 is 9.84 Å². The minimum absolute atomic E-state index is 0.143. The van der Waals surface area contributed by atoms with E-state index in [1.165, 1.54) is 10.8 Å². The summed E-state index contributed by atoms with van der Waals surface area (Å²) < 4.78 is 7.97. The van der Waals surface area contributed by atoms with Crippen LogP contribution in [0.5, 0.6) is 0 Å². The molecule has 1 aromatic carbocycles. The third-order valence-electron chi connectivity index (χ3n) is 5.63. The second-order valence-corrected chi connectivity index (χ2v) is 8.32. The maximum atomic E-state index is 12.8. The molecule has 5 rings (SSSR count). The average molecular weight is 453 g/mol. The Morgan fingerprint density at radius 1 is 1.16 bits per heavy atom. The van der Waals surface area contributed by atoms with Gasteiger partial charge in [0.05, 0.1) is 5.56 Å². The molecule has 1 aliphatic rings. The number of fused-ring (bicyclic) bond motifs is 1. The Balaban J connectivity index is 1.42. The topological polar surface area (TPSA) is 107 Å². The van der Waals surface area contributed by atoms with E-state index in [2.05, 4.69) is 20.6 Å². The van der Waals surface area contributed by atoms with Crippen LogP contribution in [0.4, 0.5) is 0 Å². The fraction of sp³-hybridized carbons (Fsp3) is 0.318. The van der Waals surface area contributed by atoms with Crippen LogP contribution in [0.25, 0.3) is 28.5 Å². The first-order chi connectivity index (χ1) is 15.6. The molecule has 10 heteroatoms. The van der Waals surface area contributed by atoms with Crippen molar-refractivity contribution in [2.24, 2.45) is 0 Å². The van der Waals surface area contributed by atoms with Gasteiger partial charge in [-0.25, -0.2) is 13.9 Å². The van der Waals surface area contributed by atoms with Gasteiger partial charge in [-0.3, -0.25) is 4.79 Å². The number of amides is 1. The van der Waals surface area contributed by atoms with Crippen molar-refractivity contribution in [2.45, 2.75) is 44.7 Å². The number of benzene rings is 1. The summed E-state index contributed by atoms with van der Waals surface area (Å²) in [6.45, 7) is -0.143. The lowest BCUT2D eigenvalue weighted by atomic mass is 9.95. The minimum Gasteiger partial charge on any atom is -0.352 e. The number of rotatable bonds is 5. The molecule has 9 nitrogen and oxygen atoms in total. The Kier molecular flexibility index (Phi) is 5.48. The Hall–Kier alpha value is -3.46. The third-order valence-corrected chi connectivity index (χ3v) is 5.88. The van der Waals surface area contributed by atoms with Crippen molar-refractivity contribution < 1.29 is 9.32 Å². The van der Waals surface area contributed by atoms with E-state index >= 15 is 0 Å².